The highest BCUT2D eigenvalue weighted by molar-refractivity contribution is 5.93. The van der Waals surface area contributed by atoms with E-state index in [9.17, 15) is 29.1 Å². The number of nitrogens with two attached hydrogens (primary N) is 1. The molecule has 0 spiro atoms. The van der Waals surface area contributed by atoms with Crippen LogP contribution in [0.2, 0.25) is 0 Å². The van der Waals surface area contributed by atoms with E-state index in [4.69, 9.17) is 15.9 Å². The van der Waals surface area contributed by atoms with Crippen molar-refractivity contribution in [1.29, 1.82) is 0 Å². The van der Waals surface area contributed by atoms with E-state index in [0.29, 0.717) is 0 Å². The number of hydrogen-bond acceptors (Lipinski definition) is 7. The molecule has 0 saturated carbocycles. The summed E-state index contributed by atoms with van der Waals surface area (Å²) in [4.78, 5) is 57.3. The van der Waals surface area contributed by atoms with Gasteiger partial charge in [0.2, 0.25) is 17.7 Å². The van der Waals surface area contributed by atoms with Gasteiger partial charge >= 0.3 is 11.9 Å². The van der Waals surface area contributed by atoms with Gasteiger partial charge in [-0.1, -0.05) is 13.8 Å². The molecule has 12 heteroatoms. The quantitative estimate of drug-likeness (QED) is 0.191. The van der Waals surface area contributed by atoms with Crippen LogP contribution < -0.4 is 21.7 Å². The molecule has 27 heavy (non-hydrogen) atoms. The van der Waals surface area contributed by atoms with Crippen LogP contribution in [0.3, 0.4) is 0 Å². The first-order chi connectivity index (χ1) is 12.4. The number of amides is 3. The fourth-order valence-electron chi connectivity index (χ4n) is 1.97. The third kappa shape index (κ3) is 8.96. The smallest absolute Gasteiger partial charge is 0.328 e. The molecule has 0 aromatic carbocycles. The first-order valence-corrected chi connectivity index (χ1v) is 8.12. The van der Waals surface area contributed by atoms with Crippen LogP contribution in [0.5, 0.6) is 0 Å². The molecule has 0 rings (SSSR count). The van der Waals surface area contributed by atoms with Gasteiger partial charge in [0, 0.05) is 0 Å². The van der Waals surface area contributed by atoms with Crippen LogP contribution in [0.25, 0.3) is 0 Å². The molecular formula is C15H26N4O8. The minimum absolute atomic E-state index is 0.404. The van der Waals surface area contributed by atoms with E-state index < -0.39 is 72.8 Å². The molecule has 0 fully saturated rings. The van der Waals surface area contributed by atoms with Crippen LogP contribution in [0.15, 0.2) is 0 Å². The summed E-state index contributed by atoms with van der Waals surface area (Å²) >= 11 is 0. The Morgan fingerprint density at radius 2 is 1.48 bits per heavy atom. The van der Waals surface area contributed by atoms with Crippen LogP contribution in [0.4, 0.5) is 0 Å². The highest BCUT2D eigenvalue weighted by Crippen LogP contribution is 2.03. The van der Waals surface area contributed by atoms with Gasteiger partial charge < -0.3 is 37.0 Å². The molecule has 0 heterocycles. The second-order valence-corrected chi connectivity index (χ2v) is 6.28. The topological polar surface area (TPSA) is 208 Å². The molecule has 8 N–H and O–H groups in total. The van der Waals surface area contributed by atoms with Gasteiger partial charge in [0.05, 0.1) is 25.1 Å². The molecule has 0 saturated heterocycles. The summed E-state index contributed by atoms with van der Waals surface area (Å²) in [5, 5.41) is 33.4. The Balaban J connectivity index is 4.77. The standard InChI is InChI=1S/C15H26N4O8/c1-6(2)11(19-13(24)8(16)4-10(22)23)14(25)17-5-9(21)18-12(7(3)20)15(26)27/h6-8,11-12,20H,4-5,16H2,1-3H3,(H,17,25)(H,18,21)(H,19,24)(H,22,23)(H,26,27). The van der Waals surface area contributed by atoms with Crippen molar-refractivity contribution in [3.05, 3.63) is 0 Å². The summed E-state index contributed by atoms with van der Waals surface area (Å²) in [6, 6.07) is -3.97. The highest BCUT2D eigenvalue weighted by atomic mass is 16.4. The number of aliphatic hydroxyl groups excluding tert-OH is 1. The fourth-order valence-corrected chi connectivity index (χ4v) is 1.97. The maximum atomic E-state index is 12.2. The Morgan fingerprint density at radius 1 is 0.926 bits per heavy atom. The average Bonchev–Trinajstić information content (AvgIpc) is 2.53. The van der Waals surface area contributed by atoms with E-state index >= 15 is 0 Å². The predicted molar refractivity (Wildman–Crippen MR) is 91.3 cm³/mol. The Hall–Kier alpha value is -2.73. The first kappa shape index (κ1) is 24.3. The molecule has 154 valence electrons. The van der Waals surface area contributed by atoms with Crippen LogP contribution in [0.1, 0.15) is 27.2 Å². The summed E-state index contributed by atoms with van der Waals surface area (Å²) in [6.07, 6.45) is -1.96. The number of aliphatic carboxylic acids is 2. The van der Waals surface area contributed by atoms with E-state index in [0.717, 1.165) is 0 Å². The van der Waals surface area contributed by atoms with Crippen molar-refractivity contribution < 1.29 is 39.3 Å². The number of nitrogens with one attached hydrogen (secondary N) is 3. The molecule has 0 radical (unpaired) electrons. The van der Waals surface area contributed by atoms with Crippen LogP contribution in [-0.4, -0.2) is 75.8 Å². The minimum Gasteiger partial charge on any atom is -0.481 e. The van der Waals surface area contributed by atoms with Gasteiger partial charge in [-0.05, 0) is 12.8 Å². The zero-order valence-corrected chi connectivity index (χ0v) is 15.3. The maximum Gasteiger partial charge on any atom is 0.328 e. The van der Waals surface area contributed by atoms with Crippen LogP contribution in [0, 0.1) is 5.92 Å². The number of carbonyl (C=O) groups excluding carboxylic acids is 3. The summed E-state index contributed by atoms with van der Waals surface area (Å²) in [7, 11) is 0. The summed E-state index contributed by atoms with van der Waals surface area (Å²) < 4.78 is 0. The fraction of sp³-hybridized carbons (Fsp3) is 0.667. The monoisotopic (exact) mass is 390 g/mol. The van der Waals surface area contributed by atoms with Crippen LogP contribution >= 0.6 is 0 Å². The average molecular weight is 390 g/mol. The third-order valence-electron chi connectivity index (χ3n) is 3.47. The first-order valence-electron chi connectivity index (χ1n) is 8.12. The third-order valence-corrected chi connectivity index (χ3v) is 3.47. The molecule has 0 bridgehead atoms. The van der Waals surface area contributed by atoms with E-state index in [1.54, 1.807) is 13.8 Å². The van der Waals surface area contributed by atoms with E-state index in [1.165, 1.54) is 6.92 Å². The van der Waals surface area contributed by atoms with Gasteiger partial charge in [0.25, 0.3) is 0 Å². The number of carboxylic acid groups (broad SMARTS) is 2. The lowest BCUT2D eigenvalue weighted by atomic mass is 10.0. The van der Waals surface area contributed by atoms with Crippen molar-refractivity contribution in [2.24, 2.45) is 11.7 Å². The molecule has 0 aliphatic heterocycles. The van der Waals surface area contributed by atoms with E-state index in [-0.39, 0.29) is 0 Å². The lowest BCUT2D eigenvalue weighted by Gasteiger charge is -2.23. The summed E-state index contributed by atoms with van der Waals surface area (Å²) in [5.74, 6) is -5.54. The van der Waals surface area contributed by atoms with Gasteiger partial charge in [0.1, 0.15) is 6.04 Å². The van der Waals surface area contributed by atoms with E-state index in [2.05, 4.69) is 10.6 Å². The number of aliphatic hydroxyl groups is 1. The van der Waals surface area contributed by atoms with E-state index in [1.807, 2.05) is 5.32 Å². The Kier molecular flexibility index (Phi) is 9.96. The molecule has 3 amide bonds. The Morgan fingerprint density at radius 3 is 1.89 bits per heavy atom. The van der Waals surface area contributed by atoms with Crippen molar-refractivity contribution in [1.82, 2.24) is 16.0 Å². The summed E-state index contributed by atoms with van der Waals surface area (Å²) in [5.41, 5.74) is 5.43. The van der Waals surface area contributed by atoms with Gasteiger partial charge in [-0.25, -0.2) is 4.79 Å². The van der Waals surface area contributed by atoms with Crippen LogP contribution in [-0.2, 0) is 24.0 Å². The lowest BCUT2D eigenvalue weighted by molar-refractivity contribution is -0.144. The maximum absolute atomic E-state index is 12.2. The van der Waals surface area contributed by atoms with Crippen molar-refractivity contribution in [3.63, 3.8) is 0 Å². The Labute approximate surface area is 155 Å². The second kappa shape index (κ2) is 11.1. The number of hydrogen-bond donors (Lipinski definition) is 7. The van der Waals surface area contributed by atoms with Crippen molar-refractivity contribution >= 4 is 29.7 Å². The van der Waals surface area contributed by atoms with Crippen molar-refractivity contribution in [3.8, 4) is 0 Å². The number of carboxylic acids is 2. The van der Waals surface area contributed by atoms with Gasteiger partial charge in [-0.15, -0.1) is 0 Å². The SMILES string of the molecule is CC(C)C(NC(=O)C(N)CC(=O)O)C(=O)NCC(=O)NC(C(=O)O)C(C)O. The second-order valence-electron chi connectivity index (χ2n) is 6.28. The molecule has 0 aromatic rings. The van der Waals surface area contributed by atoms with Crippen molar-refractivity contribution in [2.45, 2.75) is 51.4 Å². The highest BCUT2D eigenvalue weighted by Gasteiger charge is 2.29. The minimum atomic E-state index is -1.54. The normalized spacial score (nSPS) is 15.2. The van der Waals surface area contributed by atoms with Gasteiger partial charge in [-0.2, -0.15) is 0 Å². The van der Waals surface area contributed by atoms with Gasteiger partial charge in [0.15, 0.2) is 6.04 Å². The number of rotatable bonds is 11. The molecule has 0 aliphatic carbocycles. The zero-order chi connectivity index (χ0) is 21.3. The molecule has 4 atom stereocenters. The Bertz CT molecular complexity index is 578. The molecule has 0 aromatic heterocycles. The van der Waals surface area contributed by atoms with Gasteiger partial charge in [-0.3, -0.25) is 19.2 Å². The molecule has 4 unspecified atom stereocenters. The molecule has 0 aliphatic rings. The summed E-state index contributed by atoms with van der Waals surface area (Å²) in [6.45, 7) is 3.82. The predicted octanol–water partition coefficient (Wildman–Crippen LogP) is -3.00. The zero-order valence-electron chi connectivity index (χ0n) is 15.3. The number of carbonyl (C=O) groups is 5. The van der Waals surface area contributed by atoms with Crippen molar-refractivity contribution in [2.75, 3.05) is 6.54 Å². The lowest BCUT2D eigenvalue weighted by Crippen LogP contribution is -2.56. The molecule has 12 nitrogen and oxygen atoms in total. The largest absolute Gasteiger partial charge is 0.481 e. The molecular weight excluding hydrogens is 364 g/mol.